The van der Waals surface area contributed by atoms with E-state index in [2.05, 4.69) is 135 Å². The summed E-state index contributed by atoms with van der Waals surface area (Å²) in [5.41, 5.74) is 11.2. The molecule has 2 heteroatoms. The summed E-state index contributed by atoms with van der Waals surface area (Å²) < 4.78 is 13.1. The van der Waals surface area contributed by atoms with Gasteiger partial charge >= 0.3 is 0 Å². The molecule has 0 saturated heterocycles. The van der Waals surface area contributed by atoms with Crippen LogP contribution in [0.25, 0.3) is 99.2 Å². The zero-order valence-electron chi connectivity index (χ0n) is 26.7. The molecule has 0 bridgehead atoms. The predicted molar refractivity (Wildman–Crippen MR) is 201 cm³/mol. The van der Waals surface area contributed by atoms with E-state index in [0.717, 1.165) is 44.6 Å². The highest BCUT2D eigenvalue weighted by molar-refractivity contribution is 6.31. The molecule has 10 rings (SSSR count). The van der Waals surface area contributed by atoms with Gasteiger partial charge in [-0.3, -0.25) is 0 Å². The van der Waals surface area contributed by atoms with Crippen molar-refractivity contribution in [1.82, 2.24) is 0 Å². The van der Waals surface area contributed by atoms with Crippen LogP contribution in [-0.2, 0) is 0 Å². The zero-order chi connectivity index (χ0) is 31.9. The first-order valence-electron chi connectivity index (χ1n) is 16.5. The van der Waals surface area contributed by atoms with Crippen molar-refractivity contribution in [2.45, 2.75) is 13.8 Å². The van der Waals surface area contributed by atoms with E-state index in [1.807, 2.05) is 24.3 Å². The maximum Gasteiger partial charge on any atom is 0.136 e. The van der Waals surface area contributed by atoms with Crippen LogP contribution in [0.4, 0.5) is 0 Å². The third-order valence-electron chi connectivity index (χ3n) is 10.0. The minimum absolute atomic E-state index is 0.874. The van der Waals surface area contributed by atoms with Crippen molar-refractivity contribution in [3.05, 3.63) is 157 Å². The molecule has 2 heterocycles. The van der Waals surface area contributed by atoms with E-state index in [4.69, 9.17) is 8.83 Å². The summed E-state index contributed by atoms with van der Waals surface area (Å²) in [4.78, 5) is 0. The van der Waals surface area contributed by atoms with Gasteiger partial charge < -0.3 is 8.83 Å². The lowest BCUT2D eigenvalue weighted by atomic mass is 9.83. The number of fused-ring (bicyclic) bond motifs is 2. The Bertz CT molecular complexity index is 2570. The van der Waals surface area contributed by atoms with Gasteiger partial charge in [0.25, 0.3) is 0 Å². The molecule has 0 radical (unpaired) electrons. The van der Waals surface area contributed by atoms with Crippen LogP contribution in [0.5, 0.6) is 0 Å². The molecule has 10 aromatic rings. The maximum atomic E-state index is 6.57. The molecule has 0 fully saturated rings. The van der Waals surface area contributed by atoms with Gasteiger partial charge in [0.2, 0.25) is 0 Å². The van der Waals surface area contributed by atoms with Crippen LogP contribution < -0.4 is 0 Å². The molecule has 0 N–H and O–H groups in total. The number of aryl methyl sites for hydroxylation is 2. The van der Waals surface area contributed by atoms with E-state index >= 15 is 0 Å². The van der Waals surface area contributed by atoms with E-state index in [0.29, 0.717) is 0 Å². The van der Waals surface area contributed by atoms with Gasteiger partial charge in [0.05, 0.1) is 0 Å². The summed E-state index contributed by atoms with van der Waals surface area (Å²) in [5, 5.41) is 9.48. The summed E-state index contributed by atoms with van der Waals surface area (Å²) in [6.07, 6.45) is 0. The summed E-state index contributed by atoms with van der Waals surface area (Å²) in [6, 6.07) is 52.5. The molecular formula is C46H30O2. The van der Waals surface area contributed by atoms with Crippen LogP contribution >= 0.6 is 0 Å². The largest absolute Gasteiger partial charge is 0.456 e. The maximum absolute atomic E-state index is 6.57. The summed E-state index contributed by atoms with van der Waals surface area (Å²) in [5.74, 6) is 1.75. The lowest BCUT2D eigenvalue weighted by Crippen LogP contribution is -1.94. The first-order chi connectivity index (χ1) is 23.6. The molecule has 2 nitrogen and oxygen atoms in total. The fourth-order valence-corrected chi connectivity index (χ4v) is 7.57. The van der Waals surface area contributed by atoms with Crippen molar-refractivity contribution in [2.75, 3.05) is 0 Å². The first kappa shape index (κ1) is 27.0. The van der Waals surface area contributed by atoms with Crippen molar-refractivity contribution < 1.29 is 8.83 Å². The second-order valence-corrected chi connectivity index (χ2v) is 13.0. The van der Waals surface area contributed by atoms with Gasteiger partial charge in [0, 0.05) is 21.9 Å². The minimum atomic E-state index is 0.874. The van der Waals surface area contributed by atoms with Gasteiger partial charge in [-0.1, -0.05) is 120 Å². The summed E-state index contributed by atoms with van der Waals surface area (Å²) in [6.45, 7) is 4.28. The molecule has 0 aliphatic rings. The van der Waals surface area contributed by atoms with Crippen LogP contribution in [0.1, 0.15) is 11.1 Å². The van der Waals surface area contributed by atoms with Gasteiger partial charge in [-0.25, -0.2) is 0 Å². The monoisotopic (exact) mass is 614 g/mol. The molecule has 0 amide bonds. The number of hydrogen-bond donors (Lipinski definition) is 0. The van der Waals surface area contributed by atoms with Crippen molar-refractivity contribution in [1.29, 1.82) is 0 Å². The fourth-order valence-electron chi connectivity index (χ4n) is 7.57. The van der Waals surface area contributed by atoms with E-state index < -0.39 is 0 Å². The third kappa shape index (κ3) is 4.06. The molecule has 0 aliphatic carbocycles. The van der Waals surface area contributed by atoms with Gasteiger partial charge in [-0.05, 0) is 105 Å². The number of benzene rings is 8. The fraction of sp³-hybridized carbons (Fsp3) is 0.0435. The SMILES string of the molecule is Cc1ccc(-c2cc(-c3cc4ccccc4o3)c3ccc4c(-c5cc6ccccc6o5)cc(-c5ccc(C)cc5)c5ccc2c3c54)cc1. The molecule has 0 spiro atoms. The highest BCUT2D eigenvalue weighted by Crippen LogP contribution is 2.49. The summed E-state index contributed by atoms with van der Waals surface area (Å²) in [7, 11) is 0. The number of furan rings is 2. The van der Waals surface area contributed by atoms with E-state index in [-0.39, 0.29) is 0 Å². The number of para-hydroxylation sites is 2. The molecule has 226 valence electrons. The Morgan fingerprint density at radius 2 is 0.729 bits per heavy atom. The Morgan fingerprint density at radius 1 is 0.354 bits per heavy atom. The zero-order valence-corrected chi connectivity index (χ0v) is 26.7. The quantitative estimate of drug-likeness (QED) is 0.184. The average molecular weight is 615 g/mol. The normalized spacial score (nSPS) is 12.0. The topological polar surface area (TPSA) is 26.3 Å². The minimum Gasteiger partial charge on any atom is -0.456 e. The van der Waals surface area contributed by atoms with Crippen LogP contribution in [0.3, 0.4) is 0 Å². The van der Waals surface area contributed by atoms with E-state index in [1.54, 1.807) is 0 Å². The van der Waals surface area contributed by atoms with Crippen molar-refractivity contribution in [3.63, 3.8) is 0 Å². The average Bonchev–Trinajstić information content (AvgIpc) is 3.76. The lowest BCUT2D eigenvalue weighted by Gasteiger charge is -2.20. The molecule has 8 aromatic carbocycles. The smallest absolute Gasteiger partial charge is 0.136 e. The highest BCUT2D eigenvalue weighted by atomic mass is 16.3. The number of hydrogen-bond acceptors (Lipinski definition) is 2. The van der Waals surface area contributed by atoms with Crippen LogP contribution in [0.2, 0.25) is 0 Å². The molecule has 0 unspecified atom stereocenters. The van der Waals surface area contributed by atoms with Crippen LogP contribution in [0, 0.1) is 13.8 Å². The van der Waals surface area contributed by atoms with E-state index in [9.17, 15) is 0 Å². The van der Waals surface area contributed by atoms with Crippen molar-refractivity contribution in [2.24, 2.45) is 0 Å². The van der Waals surface area contributed by atoms with Gasteiger partial charge in [0.15, 0.2) is 0 Å². The van der Waals surface area contributed by atoms with Gasteiger partial charge in [0.1, 0.15) is 22.7 Å². The van der Waals surface area contributed by atoms with Gasteiger partial charge in [-0.15, -0.1) is 0 Å². The molecule has 0 aliphatic heterocycles. The molecular weight excluding hydrogens is 585 g/mol. The Balaban J connectivity index is 1.38. The van der Waals surface area contributed by atoms with Crippen LogP contribution in [-0.4, -0.2) is 0 Å². The van der Waals surface area contributed by atoms with E-state index in [1.165, 1.54) is 65.7 Å². The lowest BCUT2D eigenvalue weighted by molar-refractivity contribution is 0.632. The third-order valence-corrected chi connectivity index (χ3v) is 10.0. The second-order valence-electron chi connectivity index (χ2n) is 13.0. The Labute approximate surface area is 277 Å². The number of rotatable bonds is 4. The summed E-state index contributed by atoms with van der Waals surface area (Å²) >= 11 is 0. The van der Waals surface area contributed by atoms with Crippen LogP contribution in [0.15, 0.2) is 154 Å². The second kappa shape index (κ2) is 10.2. The Kier molecular flexibility index (Phi) is 5.74. The Hall–Kier alpha value is -6.12. The van der Waals surface area contributed by atoms with Crippen molar-refractivity contribution >= 4 is 54.3 Å². The predicted octanol–water partition coefficient (Wildman–Crippen LogP) is 13.4. The molecule has 0 atom stereocenters. The molecule has 0 saturated carbocycles. The molecule has 2 aromatic heterocycles. The van der Waals surface area contributed by atoms with Crippen molar-refractivity contribution in [3.8, 4) is 44.9 Å². The highest BCUT2D eigenvalue weighted by Gasteiger charge is 2.23. The molecule has 48 heavy (non-hydrogen) atoms. The standard InChI is InChI=1S/C46H30O2/c1-27-11-15-29(16-12-27)37-25-39(43-23-31-7-3-5-9-41(31)47-43)35-21-22-36-40(44-24-32-8-4-6-10-42(32)48-44)26-38(30-17-13-28(2)14-18-30)34-20-19-33(37)45(35)46(34)36/h3-26H,1-2H3. The van der Waals surface area contributed by atoms with Gasteiger partial charge in [-0.2, -0.15) is 0 Å². The first-order valence-corrected chi connectivity index (χ1v) is 16.5. The Morgan fingerprint density at radius 3 is 1.12 bits per heavy atom.